The Hall–Kier alpha value is -3.66. The second-order valence-electron chi connectivity index (χ2n) is 8.70. The van der Waals surface area contributed by atoms with Gasteiger partial charge in [-0.05, 0) is 34.5 Å². The predicted octanol–water partition coefficient (Wildman–Crippen LogP) is -0.218. The van der Waals surface area contributed by atoms with E-state index in [0.29, 0.717) is 29.9 Å². The number of tetrazole rings is 1. The summed E-state index contributed by atoms with van der Waals surface area (Å²) >= 11 is 0. The zero-order valence-corrected chi connectivity index (χ0v) is 23.8. The number of aromatic nitrogens is 4. The topological polar surface area (TPSA) is 249 Å². The third kappa shape index (κ3) is 7.79. The minimum Gasteiger partial charge on any atom is -0.475 e. The number of anilines is 1. The first-order chi connectivity index (χ1) is 19.4. The lowest BCUT2D eigenvalue weighted by atomic mass is 9.98. The number of sulfonamides is 1. The van der Waals surface area contributed by atoms with Gasteiger partial charge in [-0.2, -0.15) is 18.4 Å². The highest BCUT2D eigenvalue weighted by molar-refractivity contribution is 7.93. The van der Waals surface area contributed by atoms with Gasteiger partial charge in [0.1, 0.15) is 4.90 Å². The van der Waals surface area contributed by atoms with Gasteiger partial charge in [-0.1, -0.05) is 18.2 Å². The van der Waals surface area contributed by atoms with E-state index in [2.05, 4.69) is 20.6 Å². The lowest BCUT2D eigenvalue weighted by molar-refractivity contribution is -0.192. The molecule has 230 valence electrons. The molecule has 1 aliphatic heterocycles. The Morgan fingerprint density at radius 2 is 1.71 bits per heavy atom. The number of sulfone groups is 2. The third-order valence-corrected chi connectivity index (χ3v) is 10.3. The quantitative estimate of drug-likeness (QED) is 0.257. The van der Waals surface area contributed by atoms with Gasteiger partial charge in [0.25, 0.3) is 0 Å². The number of nitrogens with two attached hydrogens (primary N) is 2. The number of alkyl halides is 3. The number of carboxylic acid groups (broad SMARTS) is 1. The summed E-state index contributed by atoms with van der Waals surface area (Å²) in [6.07, 6.45) is -5.08. The van der Waals surface area contributed by atoms with E-state index >= 15 is 0 Å². The molecule has 2 heterocycles. The summed E-state index contributed by atoms with van der Waals surface area (Å²) in [5.41, 5.74) is 6.83. The monoisotopic (exact) mass is 655 g/mol. The molecule has 0 spiro atoms. The average Bonchev–Trinajstić information content (AvgIpc) is 3.42. The maximum atomic E-state index is 12.9. The van der Waals surface area contributed by atoms with Crippen LogP contribution in [0.15, 0.2) is 46.2 Å². The van der Waals surface area contributed by atoms with Crippen LogP contribution in [0.25, 0.3) is 22.5 Å². The first-order valence-electron chi connectivity index (χ1n) is 11.6. The van der Waals surface area contributed by atoms with Gasteiger partial charge in [-0.25, -0.2) is 35.2 Å². The standard InChI is InChI=1S/C19H23N7O6S3.C2HF3O2/c20-6-9-34(29,30)16-5-4-15(17(18(16)35(21,31)32)19-22-24-25-23-19)13-2-1-3-14(12-13)26-7-10-33(27,28)11-8-26;3-2(4,5)1(6)7/h1-5,12H,6-11,20H2,(H2,21,31,32)(H,22,23,24,25);(H,6,7). The van der Waals surface area contributed by atoms with Gasteiger partial charge in [0, 0.05) is 25.3 Å². The number of primary sulfonamides is 1. The molecule has 0 aliphatic carbocycles. The van der Waals surface area contributed by atoms with E-state index in [0.717, 1.165) is 0 Å². The summed E-state index contributed by atoms with van der Waals surface area (Å²) in [5, 5.41) is 26.1. The second kappa shape index (κ2) is 12.3. The highest BCUT2D eigenvalue weighted by Gasteiger charge is 2.38. The maximum Gasteiger partial charge on any atom is 0.490 e. The number of carbonyl (C=O) groups is 1. The zero-order chi connectivity index (χ0) is 31.5. The highest BCUT2D eigenvalue weighted by atomic mass is 32.2. The van der Waals surface area contributed by atoms with E-state index in [1.807, 2.05) is 4.90 Å². The molecule has 1 fully saturated rings. The number of aromatic amines is 1. The van der Waals surface area contributed by atoms with Crippen molar-refractivity contribution in [1.82, 2.24) is 20.6 Å². The fourth-order valence-electron chi connectivity index (χ4n) is 3.93. The molecule has 3 aromatic rings. The molecule has 2 aromatic carbocycles. The Bertz CT molecular complexity index is 1770. The van der Waals surface area contributed by atoms with E-state index in [9.17, 15) is 38.4 Å². The number of hydrogen-bond acceptors (Lipinski definition) is 12. The van der Waals surface area contributed by atoms with Crippen LogP contribution in [0.3, 0.4) is 0 Å². The number of rotatable bonds is 7. The number of nitrogens with zero attached hydrogens (tertiary/aromatic N) is 4. The van der Waals surface area contributed by atoms with E-state index < -0.39 is 57.4 Å². The van der Waals surface area contributed by atoms with Crippen LogP contribution in [-0.2, 0) is 34.5 Å². The van der Waals surface area contributed by atoms with Crippen molar-refractivity contribution in [3.63, 3.8) is 0 Å². The van der Waals surface area contributed by atoms with Crippen molar-refractivity contribution >= 4 is 41.4 Å². The van der Waals surface area contributed by atoms with Crippen molar-refractivity contribution in [3.05, 3.63) is 36.4 Å². The minimum absolute atomic E-state index is 0.0224. The Morgan fingerprint density at radius 1 is 1.10 bits per heavy atom. The van der Waals surface area contributed by atoms with Crippen molar-refractivity contribution in [2.75, 3.05) is 41.8 Å². The smallest absolute Gasteiger partial charge is 0.475 e. The molecule has 0 bridgehead atoms. The van der Waals surface area contributed by atoms with Crippen molar-refractivity contribution in [2.24, 2.45) is 10.9 Å². The molecule has 1 aliphatic rings. The lowest BCUT2D eigenvalue weighted by Crippen LogP contribution is -2.40. The minimum atomic E-state index is -5.08. The van der Waals surface area contributed by atoms with Crippen molar-refractivity contribution < 1.29 is 48.3 Å². The van der Waals surface area contributed by atoms with Crippen LogP contribution in [0.4, 0.5) is 18.9 Å². The van der Waals surface area contributed by atoms with Gasteiger partial charge in [0.15, 0.2) is 19.7 Å². The predicted molar refractivity (Wildman–Crippen MR) is 142 cm³/mol. The fraction of sp³-hybridized carbons (Fsp3) is 0.333. The molecule has 4 rings (SSSR count). The molecule has 0 amide bonds. The van der Waals surface area contributed by atoms with E-state index in [1.54, 1.807) is 24.3 Å². The Balaban J connectivity index is 0.000000616. The Labute approximate surface area is 237 Å². The largest absolute Gasteiger partial charge is 0.490 e. The second-order valence-corrected chi connectivity index (χ2v) is 14.6. The molecule has 15 nitrogen and oxygen atoms in total. The summed E-state index contributed by atoms with van der Waals surface area (Å²) in [5.74, 6) is -3.37. The average molecular weight is 656 g/mol. The van der Waals surface area contributed by atoms with Crippen molar-refractivity contribution in [3.8, 4) is 22.5 Å². The lowest BCUT2D eigenvalue weighted by Gasteiger charge is -2.29. The number of hydrogen-bond donors (Lipinski definition) is 4. The van der Waals surface area contributed by atoms with E-state index in [1.165, 1.54) is 12.1 Å². The van der Waals surface area contributed by atoms with Crippen LogP contribution in [0, 0.1) is 0 Å². The number of nitrogens with one attached hydrogen (secondary N) is 1. The first-order valence-corrected chi connectivity index (χ1v) is 16.6. The highest BCUT2D eigenvalue weighted by Crippen LogP contribution is 2.39. The normalized spacial score (nSPS) is 15.5. The molecule has 0 atom stereocenters. The molecule has 21 heteroatoms. The van der Waals surface area contributed by atoms with Crippen molar-refractivity contribution in [1.29, 1.82) is 0 Å². The SMILES string of the molecule is NCCS(=O)(=O)c1ccc(-c2cccc(N3CCS(=O)(=O)CC3)c2)c(-c2nn[nH]n2)c1S(N)(=O)=O.O=C(O)C(F)(F)F. The van der Waals surface area contributed by atoms with Crippen LogP contribution in [0.2, 0.25) is 0 Å². The van der Waals surface area contributed by atoms with Gasteiger partial charge < -0.3 is 15.7 Å². The molecule has 6 N–H and O–H groups in total. The van der Waals surface area contributed by atoms with Crippen LogP contribution in [0.5, 0.6) is 0 Å². The molecule has 1 aromatic heterocycles. The van der Waals surface area contributed by atoms with E-state index in [4.69, 9.17) is 20.8 Å². The summed E-state index contributed by atoms with van der Waals surface area (Å²) in [4.78, 5) is 9.64. The van der Waals surface area contributed by atoms with Gasteiger partial charge >= 0.3 is 12.1 Å². The molecular weight excluding hydrogens is 631 g/mol. The molecule has 0 radical (unpaired) electrons. The Morgan fingerprint density at radius 3 is 2.21 bits per heavy atom. The third-order valence-electron chi connectivity index (χ3n) is 5.81. The van der Waals surface area contributed by atoms with Gasteiger partial charge in [0.2, 0.25) is 15.8 Å². The van der Waals surface area contributed by atoms with Gasteiger partial charge in [-0.15, -0.1) is 10.2 Å². The summed E-state index contributed by atoms with van der Waals surface area (Å²) < 4.78 is 106. The number of H-pyrrole nitrogens is 1. The Kier molecular flexibility index (Phi) is 9.61. The molecule has 0 saturated carbocycles. The summed E-state index contributed by atoms with van der Waals surface area (Å²) in [6, 6.07) is 9.59. The first kappa shape index (κ1) is 32.8. The van der Waals surface area contributed by atoms with Crippen LogP contribution in [-0.4, -0.2) is 100 Å². The van der Waals surface area contributed by atoms with Gasteiger partial charge in [-0.3, -0.25) is 0 Å². The fourth-order valence-corrected chi connectivity index (χ4v) is 7.88. The zero-order valence-electron chi connectivity index (χ0n) is 21.3. The molecule has 0 unspecified atom stereocenters. The number of aliphatic carboxylic acids is 1. The maximum absolute atomic E-state index is 12.9. The van der Waals surface area contributed by atoms with Gasteiger partial charge in [0.05, 0.1) is 27.7 Å². The molecular formula is C21H24F3N7O8S3. The van der Waals surface area contributed by atoms with E-state index in [-0.39, 0.29) is 29.4 Å². The van der Waals surface area contributed by atoms with Crippen LogP contribution >= 0.6 is 0 Å². The number of carboxylic acids is 1. The molecule has 42 heavy (non-hydrogen) atoms. The van der Waals surface area contributed by atoms with Crippen molar-refractivity contribution in [2.45, 2.75) is 16.0 Å². The number of halogens is 3. The van der Waals surface area contributed by atoms with Crippen LogP contribution in [0.1, 0.15) is 0 Å². The summed E-state index contributed by atoms with van der Waals surface area (Å²) in [6.45, 7) is 0.393. The molecule has 1 saturated heterocycles. The summed E-state index contributed by atoms with van der Waals surface area (Å²) in [7, 11) is -11.8. The number of benzene rings is 2. The van der Waals surface area contributed by atoms with Crippen LogP contribution < -0.4 is 15.8 Å².